The Balaban J connectivity index is 2.42. The summed E-state index contributed by atoms with van der Waals surface area (Å²) in [6.07, 6.45) is 4.34. The lowest BCUT2D eigenvalue weighted by molar-refractivity contribution is -0.135. The van der Waals surface area contributed by atoms with E-state index < -0.39 is 5.97 Å². The molecule has 1 N–H and O–H groups in total. The second-order valence-corrected chi connectivity index (χ2v) is 6.58. The zero-order chi connectivity index (χ0) is 17.9. The summed E-state index contributed by atoms with van der Waals surface area (Å²) < 4.78 is 10.2. The van der Waals surface area contributed by atoms with Gasteiger partial charge in [0.15, 0.2) is 5.78 Å². The summed E-state index contributed by atoms with van der Waals surface area (Å²) in [5.74, 6) is -1.07. The minimum Gasteiger partial charge on any atom is -0.500 e. The maximum absolute atomic E-state index is 12.3. The molecule has 0 atom stereocenters. The van der Waals surface area contributed by atoms with Gasteiger partial charge in [0.25, 0.3) is 0 Å². The Morgan fingerprint density at radius 1 is 1.33 bits per heavy atom. The lowest BCUT2D eigenvalue weighted by Crippen LogP contribution is -2.19. The average Bonchev–Trinajstić information content (AvgIpc) is 2.51. The van der Waals surface area contributed by atoms with Crippen LogP contribution in [0.5, 0.6) is 5.75 Å². The predicted molar refractivity (Wildman–Crippen MR) is 90.5 cm³/mol. The highest BCUT2D eigenvalue weighted by Gasteiger charge is 2.27. The number of hydrogen-bond donors (Lipinski definition) is 1. The van der Waals surface area contributed by atoms with Crippen molar-refractivity contribution in [1.82, 2.24) is 0 Å². The van der Waals surface area contributed by atoms with Crippen LogP contribution in [0.4, 0.5) is 0 Å². The molecule has 1 aliphatic rings. The van der Waals surface area contributed by atoms with Crippen LogP contribution in [0.2, 0.25) is 0 Å². The Kier molecular flexibility index (Phi) is 5.12. The van der Waals surface area contributed by atoms with Crippen molar-refractivity contribution in [3.63, 3.8) is 0 Å². The van der Waals surface area contributed by atoms with E-state index in [1.165, 1.54) is 7.11 Å². The fraction of sp³-hybridized carbons (Fsp3) is 0.368. The van der Waals surface area contributed by atoms with E-state index in [-0.39, 0.29) is 17.0 Å². The van der Waals surface area contributed by atoms with Crippen molar-refractivity contribution in [2.75, 3.05) is 7.11 Å². The lowest BCUT2D eigenvalue weighted by Gasteiger charge is -2.27. The van der Waals surface area contributed by atoms with Crippen molar-refractivity contribution in [3.8, 4) is 5.75 Å². The largest absolute Gasteiger partial charge is 0.500 e. The Hall–Kier alpha value is -2.56. The minimum absolute atomic E-state index is 0.0443. The molecular weight excluding hydrogens is 308 g/mol. The number of ketones is 1. The highest BCUT2D eigenvalue weighted by Crippen LogP contribution is 2.36. The summed E-state index contributed by atoms with van der Waals surface area (Å²) in [4.78, 5) is 23.5. The van der Waals surface area contributed by atoms with Crippen LogP contribution in [0, 0.1) is 12.3 Å². The molecule has 5 nitrogen and oxygen atoms in total. The minimum atomic E-state index is -1.23. The van der Waals surface area contributed by atoms with Crippen LogP contribution >= 0.6 is 0 Å². The number of carboxylic acids is 1. The molecule has 0 heterocycles. The van der Waals surface area contributed by atoms with Crippen LogP contribution in [-0.2, 0) is 14.3 Å². The zero-order valence-corrected chi connectivity index (χ0v) is 14.4. The fourth-order valence-electron chi connectivity index (χ4n) is 2.58. The number of allylic oxidation sites excluding steroid dienone is 2. The monoisotopic (exact) mass is 330 g/mol. The van der Waals surface area contributed by atoms with Crippen LogP contribution in [-0.4, -0.2) is 24.0 Å². The standard InChI is InChI=1S/C19H22O5/c1-12-5-6-13(14-10-19(2,3)8-7-15(14)20)9-16(12)24-17(11-23-4)18(21)22/h5-6,9-11H,7-8H2,1-4H3,(H,21,22)/b17-11-. The van der Waals surface area contributed by atoms with E-state index in [9.17, 15) is 9.59 Å². The van der Waals surface area contributed by atoms with Crippen LogP contribution in [0.3, 0.4) is 0 Å². The molecule has 0 saturated carbocycles. The lowest BCUT2D eigenvalue weighted by atomic mass is 9.77. The van der Waals surface area contributed by atoms with E-state index in [0.29, 0.717) is 17.7 Å². The van der Waals surface area contributed by atoms with Gasteiger partial charge in [0.2, 0.25) is 5.76 Å². The van der Waals surface area contributed by atoms with E-state index in [2.05, 4.69) is 13.8 Å². The molecule has 0 unspecified atom stereocenters. The van der Waals surface area contributed by atoms with Gasteiger partial charge in [-0.3, -0.25) is 4.79 Å². The normalized spacial score (nSPS) is 17.2. The molecule has 0 fully saturated rings. The van der Waals surface area contributed by atoms with Gasteiger partial charge in [0.1, 0.15) is 12.0 Å². The van der Waals surface area contributed by atoms with E-state index in [4.69, 9.17) is 14.6 Å². The third-order valence-electron chi connectivity index (χ3n) is 3.99. The molecular formula is C19H22O5. The van der Waals surface area contributed by atoms with Crippen molar-refractivity contribution >= 4 is 17.3 Å². The van der Waals surface area contributed by atoms with E-state index >= 15 is 0 Å². The molecule has 0 aromatic heterocycles. The molecule has 0 amide bonds. The molecule has 24 heavy (non-hydrogen) atoms. The maximum Gasteiger partial charge on any atom is 0.375 e. The first-order chi connectivity index (χ1) is 11.2. The van der Waals surface area contributed by atoms with Gasteiger partial charge in [0, 0.05) is 12.0 Å². The van der Waals surface area contributed by atoms with Crippen molar-refractivity contribution < 1.29 is 24.2 Å². The van der Waals surface area contributed by atoms with Gasteiger partial charge < -0.3 is 14.6 Å². The topological polar surface area (TPSA) is 72.8 Å². The number of benzene rings is 1. The average molecular weight is 330 g/mol. The molecule has 1 aromatic rings. The van der Waals surface area contributed by atoms with Crippen LogP contribution in [0.1, 0.15) is 37.8 Å². The zero-order valence-electron chi connectivity index (χ0n) is 14.4. The van der Waals surface area contributed by atoms with Gasteiger partial charge in [-0.2, -0.15) is 0 Å². The van der Waals surface area contributed by atoms with Gasteiger partial charge in [-0.15, -0.1) is 0 Å². The number of carboxylic acid groups (broad SMARTS) is 1. The summed E-state index contributed by atoms with van der Waals surface area (Å²) in [6.45, 7) is 6.00. The number of aliphatic carboxylic acids is 1. The molecule has 1 aliphatic carbocycles. The van der Waals surface area contributed by atoms with E-state index in [0.717, 1.165) is 23.8 Å². The smallest absolute Gasteiger partial charge is 0.375 e. The fourth-order valence-corrected chi connectivity index (χ4v) is 2.58. The van der Waals surface area contributed by atoms with Crippen molar-refractivity contribution in [3.05, 3.63) is 47.4 Å². The highest BCUT2D eigenvalue weighted by molar-refractivity contribution is 6.21. The van der Waals surface area contributed by atoms with Gasteiger partial charge in [-0.1, -0.05) is 32.1 Å². The molecule has 0 saturated heterocycles. The molecule has 2 rings (SSSR count). The summed E-state index contributed by atoms with van der Waals surface area (Å²) in [7, 11) is 1.35. The van der Waals surface area contributed by atoms with Crippen molar-refractivity contribution in [1.29, 1.82) is 0 Å². The number of methoxy groups -OCH3 is 1. The van der Waals surface area contributed by atoms with Gasteiger partial charge >= 0.3 is 5.97 Å². The summed E-state index contributed by atoms with van der Waals surface area (Å²) in [6, 6.07) is 5.37. The van der Waals surface area contributed by atoms with Crippen LogP contribution in [0.25, 0.3) is 5.57 Å². The molecule has 0 bridgehead atoms. The second kappa shape index (κ2) is 6.91. The number of rotatable bonds is 5. The molecule has 5 heteroatoms. The number of hydrogen-bond acceptors (Lipinski definition) is 4. The molecule has 0 aliphatic heterocycles. The van der Waals surface area contributed by atoms with Gasteiger partial charge in [-0.25, -0.2) is 4.79 Å². The third kappa shape index (κ3) is 4.04. The van der Waals surface area contributed by atoms with Crippen molar-refractivity contribution in [2.45, 2.75) is 33.6 Å². The second-order valence-electron chi connectivity index (χ2n) is 6.58. The number of carbonyl (C=O) groups excluding carboxylic acids is 1. The van der Waals surface area contributed by atoms with Crippen LogP contribution < -0.4 is 4.74 Å². The highest BCUT2D eigenvalue weighted by atomic mass is 16.5. The van der Waals surface area contributed by atoms with Crippen molar-refractivity contribution in [2.24, 2.45) is 5.41 Å². The van der Waals surface area contributed by atoms with Gasteiger partial charge in [-0.05, 0) is 36.0 Å². The molecule has 1 aromatic carbocycles. The first-order valence-corrected chi connectivity index (χ1v) is 7.75. The first-order valence-electron chi connectivity index (χ1n) is 7.75. The SMILES string of the molecule is CO/C=C(\Oc1cc(C2=CC(C)(C)CCC2=O)ccc1C)C(=O)O. The quantitative estimate of drug-likeness (QED) is 0.658. The maximum atomic E-state index is 12.3. The number of ether oxygens (including phenoxy) is 2. The van der Waals surface area contributed by atoms with E-state index in [1.54, 1.807) is 6.07 Å². The number of carbonyl (C=O) groups is 2. The predicted octanol–water partition coefficient (Wildman–Crippen LogP) is 3.72. The molecule has 128 valence electrons. The Morgan fingerprint density at radius 2 is 2.04 bits per heavy atom. The van der Waals surface area contributed by atoms with E-state index in [1.807, 2.05) is 25.1 Å². The molecule has 0 radical (unpaired) electrons. The summed E-state index contributed by atoms with van der Waals surface area (Å²) in [5, 5.41) is 9.15. The third-order valence-corrected chi connectivity index (χ3v) is 3.99. The van der Waals surface area contributed by atoms with Gasteiger partial charge in [0.05, 0.1) is 7.11 Å². The Labute approximate surface area is 141 Å². The number of aryl methyl sites for hydroxylation is 1. The summed E-state index contributed by atoms with van der Waals surface area (Å²) >= 11 is 0. The molecule has 0 spiro atoms. The summed E-state index contributed by atoms with van der Waals surface area (Å²) in [5.41, 5.74) is 2.11. The first kappa shape index (κ1) is 17.8. The Bertz CT molecular complexity index is 725. The van der Waals surface area contributed by atoms with Crippen LogP contribution in [0.15, 0.2) is 36.3 Å². The number of Topliss-reactive ketones (excluding diaryl/α,β-unsaturated/α-hetero) is 1. The Morgan fingerprint density at radius 3 is 2.67 bits per heavy atom.